The van der Waals surface area contributed by atoms with Gasteiger partial charge in [-0.15, -0.1) is 0 Å². The number of nitrogens with one attached hydrogen (secondary N) is 1. The van der Waals surface area contributed by atoms with Gasteiger partial charge in [-0.05, 0) is 44.5 Å². The first kappa shape index (κ1) is 17.5. The lowest BCUT2D eigenvalue weighted by molar-refractivity contribution is -0.127. The molecule has 2 rings (SSSR count). The van der Waals surface area contributed by atoms with Gasteiger partial charge in [-0.25, -0.2) is 0 Å². The molecule has 1 aromatic carbocycles. The lowest BCUT2D eigenvalue weighted by atomic mass is 9.94. The Labute approximate surface area is 142 Å². The van der Waals surface area contributed by atoms with Gasteiger partial charge in [0.2, 0.25) is 5.91 Å². The van der Waals surface area contributed by atoms with E-state index in [0.717, 1.165) is 16.9 Å². The van der Waals surface area contributed by atoms with E-state index < -0.39 is 5.41 Å². The van der Waals surface area contributed by atoms with Crippen LogP contribution in [0.15, 0.2) is 48.8 Å². The summed E-state index contributed by atoms with van der Waals surface area (Å²) in [6.45, 7) is 5.54. The van der Waals surface area contributed by atoms with Crippen LogP contribution in [0.5, 0.6) is 5.75 Å². The maximum atomic E-state index is 12.0. The molecule has 5 heteroatoms. The van der Waals surface area contributed by atoms with Gasteiger partial charge in [0.15, 0.2) is 0 Å². The Morgan fingerprint density at radius 1 is 1.33 bits per heavy atom. The smallest absolute Gasteiger partial charge is 0.240 e. The molecule has 2 aromatic rings. The number of pyridine rings is 1. The van der Waals surface area contributed by atoms with Gasteiger partial charge in [-0.3, -0.25) is 9.78 Å². The highest BCUT2D eigenvalue weighted by Gasteiger charge is 2.28. The topological polar surface area (TPSA) is 75.0 Å². The molecule has 1 amide bonds. The van der Waals surface area contributed by atoms with Crippen LogP contribution in [-0.2, 0) is 11.4 Å². The van der Waals surface area contributed by atoms with Crippen molar-refractivity contribution in [1.82, 2.24) is 10.3 Å². The summed E-state index contributed by atoms with van der Waals surface area (Å²) in [4.78, 5) is 16.1. The summed E-state index contributed by atoms with van der Waals surface area (Å²) >= 11 is 0. The second-order valence-corrected chi connectivity index (χ2v) is 6.15. The van der Waals surface area contributed by atoms with Gasteiger partial charge < -0.3 is 10.1 Å². The minimum absolute atomic E-state index is 0.183. The number of carbonyl (C=O) groups is 1. The molecule has 1 unspecified atom stereocenters. The normalized spacial score (nSPS) is 12.1. The zero-order valence-corrected chi connectivity index (χ0v) is 14.1. The molecule has 0 radical (unpaired) electrons. The fourth-order valence-corrected chi connectivity index (χ4v) is 2.01. The Balaban J connectivity index is 1.94. The van der Waals surface area contributed by atoms with Gasteiger partial charge in [-0.1, -0.05) is 18.2 Å². The SMILES string of the molecule is CC(NC(=O)C(C)(C)C#N)c1ccc(OCc2cccnc2)cc1. The van der Waals surface area contributed by atoms with E-state index in [-0.39, 0.29) is 11.9 Å². The van der Waals surface area contributed by atoms with Gasteiger partial charge in [-0.2, -0.15) is 5.26 Å². The van der Waals surface area contributed by atoms with E-state index in [1.54, 1.807) is 26.2 Å². The Morgan fingerprint density at radius 2 is 2.04 bits per heavy atom. The van der Waals surface area contributed by atoms with Gasteiger partial charge in [0, 0.05) is 18.0 Å². The molecular weight excluding hydrogens is 302 g/mol. The fraction of sp³-hybridized carbons (Fsp3) is 0.316. The van der Waals surface area contributed by atoms with E-state index in [1.165, 1.54) is 0 Å². The Bertz CT molecular complexity index is 719. The predicted molar refractivity (Wildman–Crippen MR) is 91.0 cm³/mol. The van der Waals surface area contributed by atoms with Gasteiger partial charge in [0.25, 0.3) is 0 Å². The lowest BCUT2D eigenvalue weighted by Gasteiger charge is -2.20. The van der Waals surface area contributed by atoms with Crippen LogP contribution >= 0.6 is 0 Å². The third kappa shape index (κ3) is 4.56. The molecule has 0 saturated carbocycles. The second kappa shape index (κ2) is 7.60. The van der Waals surface area contributed by atoms with Crippen molar-refractivity contribution in [3.63, 3.8) is 0 Å². The van der Waals surface area contributed by atoms with Crippen molar-refractivity contribution in [2.45, 2.75) is 33.4 Å². The van der Waals surface area contributed by atoms with Crippen LogP contribution in [0.4, 0.5) is 0 Å². The maximum absolute atomic E-state index is 12.0. The number of nitrogens with zero attached hydrogens (tertiary/aromatic N) is 2. The standard InChI is InChI=1S/C19H21N3O2/c1-14(22-18(23)19(2,3)13-20)16-6-8-17(9-7-16)24-12-15-5-4-10-21-11-15/h4-11,14H,12H2,1-3H3,(H,22,23). The molecule has 0 aliphatic heterocycles. The number of nitriles is 1. The number of carbonyl (C=O) groups excluding carboxylic acids is 1. The van der Waals surface area contributed by atoms with Crippen LogP contribution in [0, 0.1) is 16.7 Å². The third-order valence-corrected chi connectivity index (χ3v) is 3.70. The fourth-order valence-electron chi connectivity index (χ4n) is 2.01. The number of rotatable bonds is 6. The van der Waals surface area contributed by atoms with Crippen LogP contribution in [0.25, 0.3) is 0 Å². The summed E-state index contributed by atoms with van der Waals surface area (Å²) in [5.74, 6) is 0.466. The van der Waals surface area contributed by atoms with Gasteiger partial charge >= 0.3 is 0 Å². The molecule has 24 heavy (non-hydrogen) atoms. The van der Waals surface area contributed by atoms with Crippen molar-refractivity contribution in [3.05, 3.63) is 59.9 Å². The quantitative estimate of drug-likeness (QED) is 0.884. The van der Waals surface area contributed by atoms with E-state index in [9.17, 15) is 4.79 Å². The van der Waals surface area contributed by atoms with Crippen molar-refractivity contribution in [3.8, 4) is 11.8 Å². The first-order chi connectivity index (χ1) is 11.4. The van der Waals surface area contributed by atoms with E-state index in [1.807, 2.05) is 49.4 Å². The molecule has 0 aliphatic carbocycles. The van der Waals surface area contributed by atoms with Crippen molar-refractivity contribution in [1.29, 1.82) is 5.26 Å². The highest BCUT2D eigenvalue weighted by molar-refractivity contribution is 5.84. The number of ether oxygens (including phenoxy) is 1. The molecule has 124 valence electrons. The number of hydrogen-bond acceptors (Lipinski definition) is 4. The van der Waals surface area contributed by atoms with Crippen molar-refractivity contribution < 1.29 is 9.53 Å². The summed E-state index contributed by atoms with van der Waals surface area (Å²) in [6.07, 6.45) is 3.49. The molecule has 5 nitrogen and oxygen atoms in total. The Morgan fingerprint density at radius 3 is 2.62 bits per heavy atom. The van der Waals surface area contributed by atoms with E-state index in [0.29, 0.717) is 6.61 Å². The average Bonchev–Trinajstić information content (AvgIpc) is 2.61. The summed E-state index contributed by atoms with van der Waals surface area (Å²) in [5, 5.41) is 11.9. The van der Waals surface area contributed by atoms with E-state index in [2.05, 4.69) is 10.3 Å². The summed E-state index contributed by atoms with van der Waals surface area (Å²) in [6, 6.07) is 13.2. The largest absolute Gasteiger partial charge is 0.489 e. The minimum atomic E-state index is -1.04. The monoisotopic (exact) mass is 323 g/mol. The zero-order chi connectivity index (χ0) is 17.6. The van der Waals surface area contributed by atoms with E-state index in [4.69, 9.17) is 10.00 Å². The first-order valence-electron chi connectivity index (χ1n) is 7.76. The minimum Gasteiger partial charge on any atom is -0.489 e. The molecule has 1 N–H and O–H groups in total. The third-order valence-electron chi connectivity index (χ3n) is 3.70. The number of aromatic nitrogens is 1. The molecule has 1 atom stereocenters. The number of hydrogen-bond donors (Lipinski definition) is 1. The molecular formula is C19H21N3O2. The van der Waals surface area contributed by atoms with Crippen LogP contribution in [0.3, 0.4) is 0 Å². The second-order valence-electron chi connectivity index (χ2n) is 6.15. The summed E-state index contributed by atoms with van der Waals surface area (Å²) < 4.78 is 5.71. The zero-order valence-electron chi connectivity index (χ0n) is 14.1. The maximum Gasteiger partial charge on any atom is 0.240 e. The molecule has 0 saturated heterocycles. The highest BCUT2D eigenvalue weighted by Crippen LogP contribution is 2.21. The van der Waals surface area contributed by atoms with Crippen LogP contribution in [0.1, 0.15) is 37.9 Å². The van der Waals surface area contributed by atoms with Crippen molar-refractivity contribution >= 4 is 5.91 Å². The highest BCUT2D eigenvalue weighted by atomic mass is 16.5. The summed E-state index contributed by atoms with van der Waals surface area (Å²) in [7, 11) is 0. The Hall–Kier alpha value is -2.87. The average molecular weight is 323 g/mol. The van der Waals surface area contributed by atoms with Gasteiger partial charge in [0.05, 0.1) is 12.1 Å². The van der Waals surface area contributed by atoms with Crippen molar-refractivity contribution in [2.75, 3.05) is 0 Å². The lowest BCUT2D eigenvalue weighted by Crippen LogP contribution is -2.37. The molecule has 0 fully saturated rings. The van der Waals surface area contributed by atoms with Crippen molar-refractivity contribution in [2.24, 2.45) is 5.41 Å². The first-order valence-corrected chi connectivity index (χ1v) is 7.76. The number of amides is 1. The molecule has 1 heterocycles. The van der Waals surface area contributed by atoms with Gasteiger partial charge in [0.1, 0.15) is 17.8 Å². The molecule has 0 bridgehead atoms. The van der Waals surface area contributed by atoms with Crippen LogP contribution in [-0.4, -0.2) is 10.9 Å². The molecule has 0 aliphatic rings. The number of benzene rings is 1. The summed E-state index contributed by atoms with van der Waals surface area (Å²) in [5.41, 5.74) is 0.910. The van der Waals surface area contributed by atoms with Crippen LogP contribution < -0.4 is 10.1 Å². The predicted octanol–water partition coefficient (Wildman–Crippen LogP) is 3.39. The van der Waals surface area contributed by atoms with E-state index >= 15 is 0 Å². The van der Waals surface area contributed by atoms with Crippen LogP contribution in [0.2, 0.25) is 0 Å². The Kier molecular flexibility index (Phi) is 5.54. The molecule has 0 spiro atoms. The molecule has 1 aromatic heterocycles.